The molecule has 1 saturated heterocycles. The van der Waals surface area contributed by atoms with Crippen LogP contribution in [0.4, 0.5) is 11.6 Å². The minimum Gasteiger partial charge on any atom is -0.370 e. The van der Waals surface area contributed by atoms with Crippen LogP contribution in [0.5, 0.6) is 0 Å². The molecule has 0 aromatic carbocycles. The maximum absolute atomic E-state index is 4.37. The number of anilines is 2. The Balaban J connectivity index is 1.96. The van der Waals surface area contributed by atoms with E-state index >= 15 is 0 Å². The monoisotopic (exact) mass is 263 g/mol. The molecule has 1 unspecified atom stereocenters. The molecular formula is C14H25N5. The zero-order chi connectivity index (χ0) is 13.7. The summed E-state index contributed by atoms with van der Waals surface area (Å²) >= 11 is 0. The van der Waals surface area contributed by atoms with Gasteiger partial charge in [-0.2, -0.15) is 0 Å². The summed E-state index contributed by atoms with van der Waals surface area (Å²) in [4.78, 5) is 13.3. The van der Waals surface area contributed by atoms with E-state index in [-0.39, 0.29) is 0 Å². The second kappa shape index (κ2) is 6.70. The molecule has 5 heteroatoms. The molecule has 1 aliphatic rings. The maximum atomic E-state index is 4.37. The average molecular weight is 263 g/mol. The van der Waals surface area contributed by atoms with Crippen LogP contribution in [0.3, 0.4) is 0 Å². The third kappa shape index (κ3) is 3.80. The topological polar surface area (TPSA) is 44.3 Å². The van der Waals surface area contributed by atoms with Gasteiger partial charge in [0.25, 0.3) is 0 Å². The van der Waals surface area contributed by atoms with E-state index in [1.165, 1.54) is 19.4 Å². The molecule has 2 rings (SSSR count). The first-order valence-electron chi connectivity index (χ1n) is 7.18. The highest BCUT2D eigenvalue weighted by Gasteiger charge is 2.22. The average Bonchev–Trinajstić information content (AvgIpc) is 2.82. The molecule has 106 valence electrons. The first-order valence-corrected chi connectivity index (χ1v) is 7.18. The van der Waals surface area contributed by atoms with Gasteiger partial charge in [0.2, 0.25) is 0 Å². The van der Waals surface area contributed by atoms with Crippen LogP contribution in [0.25, 0.3) is 0 Å². The molecule has 1 aromatic heterocycles. The van der Waals surface area contributed by atoms with Crippen molar-refractivity contribution in [2.45, 2.75) is 32.2 Å². The van der Waals surface area contributed by atoms with Gasteiger partial charge in [-0.25, -0.2) is 9.97 Å². The summed E-state index contributed by atoms with van der Waals surface area (Å²) in [5, 5.41) is 3.30. The molecule has 0 aliphatic carbocycles. The lowest BCUT2D eigenvalue weighted by Gasteiger charge is -2.26. The first kappa shape index (κ1) is 14.1. The number of likely N-dealkylation sites (tertiary alicyclic amines) is 1. The Hall–Kier alpha value is -1.36. The fourth-order valence-corrected chi connectivity index (χ4v) is 2.53. The van der Waals surface area contributed by atoms with E-state index in [1.807, 2.05) is 6.07 Å². The van der Waals surface area contributed by atoms with Gasteiger partial charge in [-0.15, -0.1) is 0 Å². The van der Waals surface area contributed by atoms with Crippen molar-refractivity contribution in [2.24, 2.45) is 0 Å². The highest BCUT2D eigenvalue weighted by atomic mass is 15.2. The smallest absolute Gasteiger partial charge is 0.133 e. The largest absolute Gasteiger partial charge is 0.370 e. The Labute approximate surface area is 116 Å². The van der Waals surface area contributed by atoms with Gasteiger partial charge in [-0.1, -0.05) is 6.92 Å². The fraction of sp³-hybridized carbons (Fsp3) is 0.714. The van der Waals surface area contributed by atoms with Crippen LogP contribution in [0.2, 0.25) is 0 Å². The summed E-state index contributed by atoms with van der Waals surface area (Å²) in [6, 6.07) is 2.68. The molecule has 1 atom stereocenters. The van der Waals surface area contributed by atoms with Crippen molar-refractivity contribution < 1.29 is 0 Å². The lowest BCUT2D eigenvalue weighted by molar-refractivity contribution is 0.314. The third-order valence-electron chi connectivity index (χ3n) is 3.76. The fourth-order valence-electron chi connectivity index (χ4n) is 2.53. The van der Waals surface area contributed by atoms with Crippen molar-refractivity contribution in [3.63, 3.8) is 0 Å². The SMILES string of the molecule is CCCNc1cc(N(C)CC2CCCN2C)ncn1. The van der Waals surface area contributed by atoms with Crippen LogP contribution in [-0.2, 0) is 0 Å². The van der Waals surface area contributed by atoms with Crippen molar-refractivity contribution in [1.29, 1.82) is 0 Å². The number of nitrogens with one attached hydrogen (secondary N) is 1. The van der Waals surface area contributed by atoms with Gasteiger partial charge in [-0.05, 0) is 32.9 Å². The Morgan fingerprint density at radius 1 is 1.47 bits per heavy atom. The van der Waals surface area contributed by atoms with Crippen molar-refractivity contribution >= 4 is 11.6 Å². The van der Waals surface area contributed by atoms with E-state index in [0.29, 0.717) is 6.04 Å². The Kier molecular flexibility index (Phi) is 4.96. The molecule has 19 heavy (non-hydrogen) atoms. The van der Waals surface area contributed by atoms with Crippen molar-refractivity contribution in [1.82, 2.24) is 14.9 Å². The number of nitrogens with zero attached hydrogens (tertiary/aromatic N) is 4. The molecule has 0 radical (unpaired) electrons. The quantitative estimate of drug-likeness (QED) is 0.848. The van der Waals surface area contributed by atoms with E-state index in [9.17, 15) is 0 Å². The predicted molar refractivity (Wildman–Crippen MR) is 79.7 cm³/mol. The summed E-state index contributed by atoms with van der Waals surface area (Å²) in [6.07, 6.45) is 5.33. The van der Waals surface area contributed by atoms with Crippen LogP contribution in [0, 0.1) is 0 Å². The Bertz CT molecular complexity index is 395. The van der Waals surface area contributed by atoms with E-state index in [0.717, 1.165) is 31.1 Å². The summed E-state index contributed by atoms with van der Waals surface area (Å²) < 4.78 is 0. The van der Waals surface area contributed by atoms with Gasteiger partial charge in [0.05, 0.1) is 0 Å². The highest BCUT2D eigenvalue weighted by Crippen LogP contribution is 2.19. The number of hydrogen-bond acceptors (Lipinski definition) is 5. The minimum atomic E-state index is 0.645. The molecule has 2 heterocycles. The van der Waals surface area contributed by atoms with Crippen LogP contribution in [0.15, 0.2) is 12.4 Å². The zero-order valence-electron chi connectivity index (χ0n) is 12.3. The van der Waals surface area contributed by atoms with Crippen LogP contribution in [0.1, 0.15) is 26.2 Å². The molecule has 1 aromatic rings. The number of hydrogen-bond donors (Lipinski definition) is 1. The predicted octanol–water partition coefficient (Wildman–Crippen LogP) is 1.83. The Morgan fingerprint density at radius 3 is 3.00 bits per heavy atom. The van der Waals surface area contributed by atoms with Crippen molar-refractivity contribution in [3.05, 3.63) is 12.4 Å². The van der Waals surface area contributed by atoms with Crippen LogP contribution in [-0.4, -0.2) is 54.6 Å². The van der Waals surface area contributed by atoms with E-state index in [2.05, 4.69) is 46.1 Å². The van der Waals surface area contributed by atoms with Crippen molar-refractivity contribution in [3.8, 4) is 0 Å². The second-order valence-corrected chi connectivity index (χ2v) is 5.35. The van der Waals surface area contributed by atoms with E-state index < -0.39 is 0 Å². The number of rotatable bonds is 6. The van der Waals surface area contributed by atoms with Crippen molar-refractivity contribution in [2.75, 3.05) is 43.9 Å². The number of likely N-dealkylation sites (N-methyl/N-ethyl adjacent to an activating group) is 2. The van der Waals surface area contributed by atoms with Gasteiger partial charge >= 0.3 is 0 Å². The molecular weight excluding hydrogens is 238 g/mol. The lowest BCUT2D eigenvalue weighted by atomic mass is 10.2. The van der Waals surface area contributed by atoms with Gasteiger partial charge in [0.1, 0.15) is 18.0 Å². The Morgan fingerprint density at radius 2 is 2.32 bits per heavy atom. The van der Waals surface area contributed by atoms with Gasteiger partial charge in [0, 0.05) is 32.2 Å². The molecule has 5 nitrogen and oxygen atoms in total. The summed E-state index contributed by atoms with van der Waals surface area (Å²) in [5.41, 5.74) is 0. The summed E-state index contributed by atoms with van der Waals surface area (Å²) in [6.45, 7) is 5.34. The standard InChI is InChI=1S/C14H25N5/c1-4-7-15-13-9-14(17-11-16-13)19(3)10-12-6-5-8-18(12)2/h9,11-12H,4-8,10H2,1-3H3,(H,15,16,17). The molecule has 0 bridgehead atoms. The minimum absolute atomic E-state index is 0.645. The molecule has 0 spiro atoms. The van der Waals surface area contributed by atoms with Gasteiger partial charge < -0.3 is 15.1 Å². The van der Waals surface area contributed by atoms with Crippen LogP contribution >= 0.6 is 0 Å². The third-order valence-corrected chi connectivity index (χ3v) is 3.76. The summed E-state index contributed by atoms with van der Waals surface area (Å²) in [7, 11) is 4.32. The van der Waals surface area contributed by atoms with Gasteiger partial charge in [0.15, 0.2) is 0 Å². The number of aromatic nitrogens is 2. The molecule has 1 fully saturated rings. The lowest BCUT2D eigenvalue weighted by Crippen LogP contribution is -2.37. The summed E-state index contributed by atoms with van der Waals surface area (Å²) in [5.74, 6) is 1.91. The molecule has 0 saturated carbocycles. The zero-order valence-corrected chi connectivity index (χ0v) is 12.3. The van der Waals surface area contributed by atoms with E-state index in [4.69, 9.17) is 0 Å². The second-order valence-electron chi connectivity index (χ2n) is 5.35. The normalized spacial score (nSPS) is 19.6. The van der Waals surface area contributed by atoms with Gasteiger partial charge in [-0.3, -0.25) is 0 Å². The first-order chi connectivity index (χ1) is 9.20. The van der Waals surface area contributed by atoms with Crippen LogP contribution < -0.4 is 10.2 Å². The maximum Gasteiger partial charge on any atom is 0.133 e. The molecule has 0 amide bonds. The molecule has 1 N–H and O–H groups in total. The highest BCUT2D eigenvalue weighted by molar-refractivity contribution is 5.48. The molecule has 1 aliphatic heterocycles. The van der Waals surface area contributed by atoms with E-state index in [1.54, 1.807) is 6.33 Å².